The number of fused-ring (bicyclic) bond motifs is 1. The van der Waals surface area contributed by atoms with Gasteiger partial charge >= 0.3 is 6.29 Å². The van der Waals surface area contributed by atoms with Gasteiger partial charge in [-0.15, -0.1) is 19.0 Å². The van der Waals surface area contributed by atoms with Crippen molar-refractivity contribution in [2.45, 2.75) is 49.6 Å². The van der Waals surface area contributed by atoms with E-state index in [9.17, 15) is 13.6 Å². The molecule has 2 aliphatic heterocycles. The second kappa shape index (κ2) is 7.60. The fourth-order valence-corrected chi connectivity index (χ4v) is 4.48. The highest BCUT2D eigenvalue weighted by molar-refractivity contribution is 7.99. The Labute approximate surface area is 175 Å². The average Bonchev–Trinajstić information content (AvgIpc) is 3.39. The maximum Gasteiger partial charge on any atom is 0.586 e. The van der Waals surface area contributed by atoms with Crippen LogP contribution in [0.2, 0.25) is 0 Å². The van der Waals surface area contributed by atoms with E-state index in [-0.39, 0.29) is 23.2 Å². The number of halogens is 2. The molecule has 0 radical (unpaired) electrons. The maximum absolute atomic E-state index is 13.1. The molecule has 3 aliphatic rings. The van der Waals surface area contributed by atoms with E-state index in [1.807, 2.05) is 0 Å². The second-order valence-electron chi connectivity index (χ2n) is 7.60. The van der Waals surface area contributed by atoms with Gasteiger partial charge in [-0.05, 0) is 44.2 Å². The first-order valence-corrected chi connectivity index (χ1v) is 11.0. The van der Waals surface area contributed by atoms with Gasteiger partial charge in [-0.2, -0.15) is 0 Å². The normalized spacial score (nSPS) is 19.7. The van der Waals surface area contributed by atoms with Gasteiger partial charge in [0.25, 0.3) is 0 Å². The van der Waals surface area contributed by atoms with Gasteiger partial charge in [0.15, 0.2) is 16.7 Å². The van der Waals surface area contributed by atoms with Gasteiger partial charge in [0.2, 0.25) is 11.9 Å². The maximum atomic E-state index is 13.1. The van der Waals surface area contributed by atoms with Gasteiger partial charge in [0, 0.05) is 30.9 Å². The van der Waals surface area contributed by atoms with E-state index < -0.39 is 6.29 Å². The molecular weight excluding hydrogens is 416 g/mol. The molecule has 0 unspecified atom stereocenters. The summed E-state index contributed by atoms with van der Waals surface area (Å²) < 4.78 is 37.2. The molecule has 2 aromatic rings. The van der Waals surface area contributed by atoms with Crippen LogP contribution in [-0.4, -0.2) is 45.8 Å². The highest BCUT2D eigenvalue weighted by Crippen LogP contribution is 2.43. The summed E-state index contributed by atoms with van der Waals surface area (Å²) in [5.74, 6) is 0.600. The number of amides is 1. The predicted octanol–water partition coefficient (Wildman–Crippen LogP) is 3.66. The van der Waals surface area contributed by atoms with E-state index >= 15 is 0 Å². The van der Waals surface area contributed by atoms with Crippen molar-refractivity contribution < 1.29 is 23.0 Å². The molecule has 1 saturated heterocycles. The first kappa shape index (κ1) is 19.4. The van der Waals surface area contributed by atoms with E-state index in [1.54, 1.807) is 0 Å². The van der Waals surface area contributed by atoms with Gasteiger partial charge in [-0.25, -0.2) is 0 Å². The summed E-state index contributed by atoms with van der Waals surface area (Å²) in [6.07, 6.45) is 2.07. The minimum atomic E-state index is -3.68. The first-order valence-electron chi connectivity index (χ1n) is 10.0. The van der Waals surface area contributed by atoms with Crippen LogP contribution in [-0.2, 0) is 4.79 Å². The van der Waals surface area contributed by atoms with E-state index in [0.29, 0.717) is 11.7 Å². The Morgan fingerprint density at radius 1 is 1.17 bits per heavy atom. The molecule has 1 amide bonds. The molecule has 11 heteroatoms. The SMILES string of the molecule is O=C(CSc1nnc(N2CCCCC2)n1C1CC1)Nc1ccc2c(c1)OC(F)(F)O2. The van der Waals surface area contributed by atoms with Crippen LogP contribution in [0.3, 0.4) is 0 Å². The van der Waals surface area contributed by atoms with Crippen LogP contribution in [0.25, 0.3) is 0 Å². The van der Waals surface area contributed by atoms with E-state index in [0.717, 1.165) is 49.9 Å². The van der Waals surface area contributed by atoms with Crippen molar-refractivity contribution in [2.24, 2.45) is 0 Å². The average molecular weight is 437 g/mol. The third-order valence-electron chi connectivity index (χ3n) is 5.21. The standard InChI is InChI=1S/C19H21F2N5O3S/c20-19(21)28-14-7-4-12(10-15(14)29-19)22-16(27)11-30-18-24-23-17(26(18)13-5-6-13)25-8-2-1-3-9-25/h4,7,10,13H,1-3,5-6,8-9,11H2,(H,22,27). The molecule has 8 nitrogen and oxygen atoms in total. The Bertz CT molecular complexity index is 960. The number of hydrogen-bond donors (Lipinski definition) is 1. The minimum absolute atomic E-state index is 0.0600. The zero-order chi connectivity index (χ0) is 20.7. The van der Waals surface area contributed by atoms with Crippen molar-refractivity contribution >= 4 is 29.3 Å². The van der Waals surface area contributed by atoms with Crippen molar-refractivity contribution in [3.8, 4) is 11.5 Å². The van der Waals surface area contributed by atoms with Crippen LogP contribution in [0.15, 0.2) is 23.4 Å². The number of rotatable bonds is 6. The number of nitrogens with zero attached hydrogens (tertiary/aromatic N) is 4. The molecule has 1 aromatic heterocycles. The van der Waals surface area contributed by atoms with Crippen LogP contribution in [0, 0.1) is 0 Å². The molecule has 1 saturated carbocycles. The lowest BCUT2D eigenvalue weighted by Gasteiger charge is -2.27. The molecule has 1 aromatic carbocycles. The van der Waals surface area contributed by atoms with Gasteiger partial charge in [-0.3, -0.25) is 9.36 Å². The monoisotopic (exact) mass is 437 g/mol. The van der Waals surface area contributed by atoms with Crippen LogP contribution in [0.4, 0.5) is 20.4 Å². The Morgan fingerprint density at radius 2 is 1.93 bits per heavy atom. The fourth-order valence-electron chi connectivity index (χ4n) is 3.68. The molecule has 1 aliphatic carbocycles. The van der Waals surface area contributed by atoms with E-state index in [4.69, 9.17) is 0 Å². The fraction of sp³-hybridized carbons (Fsp3) is 0.526. The van der Waals surface area contributed by atoms with Gasteiger partial charge < -0.3 is 19.7 Å². The molecule has 0 spiro atoms. The van der Waals surface area contributed by atoms with Crippen LogP contribution < -0.4 is 19.7 Å². The van der Waals surface area contributed by atoms with Crippen molar-refractivity contribution in [1.29, 1.82) is 0 Å². The van der Waals surface area contributed by atoms with Crippen molar-refractivity contribution in [1.82, 2.24) is 14.8 Å². The largest absolute Gasteiger partial charge is 0.586 e. The number of anilines is 2. The molecule has 1 N–H and O–H groups in total. The summed E-state index contributed by atoms with van der Waals surface area (Å²) in [5.41, 5.74) is 0.360. The van der Waals surface area contributed by atoms with Crippen LogP contribution in [0.5, 0.6) is 11.5 Å². The number of hydrogen-bond acceptors (Lipinski definition) is 7. The smallest absolute Gasteiger partial charge is 0.395 e. The number of benzene rings is 1. The summed E-state index contributed by atoms with van der Waals surface area (Å²) in [6.45, 7) is 1.97. The summed E-state index contributed by atoms with van der Waals surface area (Å²) in [5, 5.41) is 12.2. The number of thioether (sulfide) groups is 1. The molecule has 0 atom stereocenters. The molecule has 5 rings (SSSR count). The highest BCUT2D eigenvalue weighted by atomic mass is 32.2. The lowest BCUT2D eigenvalue weighted by Crippen LogP contribution is -2.32. The molecular formula is C19H21F2N5O3S. The van der Waals surface area contributed by atoms with Gasteiger partial charge in [-0.1, -0.05) is 11.8 Å². The van der Waals surface area contributed by atoms with E-state index in [1.165, 1.54) is 36.4 Å². The number of ether oxygens (including phenoxy) is 2. The Balaban J connectivity index is 1.23. The predicted molar refractivity (Wildman–Crippen MR) is 106 cm³/mol. The Morgan fingerprint density at radius 3 is 2.70 bits per heavy atom. The molecule has 30 heavy (non-hydrogen) atoms. The number of carbonyl (C=O) groups excluding carboxylic acids is 1. The number of nitrogens with one attached hydrogen (secondary N) is 1. The summed E-state index contributed by atoms with van der Waals surface area (Å²) in [4.78, 5) is 14.7. The summed E-state index contributed by atoms with van der Waals surface area (Å²) >= 11 is 1.33. The topological polar surface area (TPSA) is 81.5 Å². The molecule has 2 fully saturated rings. The molecule has 0 bridgehead atoms. The van der Waals surface area contributed by atoms with Gasteiger partial charge in [0.05, 0.1) is 5.75 Å². The Kier molecular flexibility index (Phi) is 4.92. The third-order valence-corrected chi connectivity index (χ3v) is 6.16. The summed E-state index contributed by atoms with van der Waals surface area (Å²) in [6, 6.07) is 4.55. The molecule has 160 valence electrons. The Hall–Kier alpha value is -2.56. The first-order chi connectivity index (χ1) is 14.5. The van der Waals surface area contributed by atoms with Gasteiger partial charge in [0.1, 0.15) is 0 Å². The van der Waals surface area contributed by atoms with Crippen LogP contribution >= 0.6 is 11.8 Å². The lowest BCUT2D eigenvalue weighted by molar-refractivity contribution is -0.286. The number of aromatic nitrogens is 3. The summed E-state index contributed by atoms with van der Waals surface area (Å²) in [7, 11) is 0. The minimum Gasteiger partial charge on any atom is -0.395 e. The van der Waals surface area contributed by atoms with Crippen molar-refractivity contribution in [3.05, 3.63) is 18.2 Å². The zero-order valence-corrected chi connectivity index (χ0v) is 17.0. The highest BCUT2D eigenvalue weighted by Gasteiger charge is 2.43. The van der Waals surface area contributed by atoms with E-state index in [2.05, 4.69) is 34.5 Å². The second-order valence-corrected chi connectivity index (χ2v) is 8.54. The lowest BCUT2D eigenvalue weighted by atomic mass is 10.1. The quantitative estimate of drug-likeness (QED) is 0.691. The zero-order valence-electron chi connectivity index (χ0n) is 16.1. The number of piperidine rings is 1. The number of alkyl halides is 2. The molecule has 3 heterocycles. The van der Waals surface area contributed by atoms with Crippen LogP contribution in [0.1, 0.15) is 38.1 Å². The van der Waals surface area contributed by atoms with Crippen molar-refractivity contribution in [3.63, 3.8) is 0 Å². The number of carbonyl (C=O) groups is 1. The van der Waals surface area contributed by atoms with Crippen molar-refractivity contribution in [2.75, 3.05) is 29.1 Å². The third kappa shape index (κ3) is 4.03.